The first-order valence-corrected chi connectivity index (χ1v) is 9.64. The molecule has 0 heterocycles. The van der Waals surface area contributed by atoms with E-state index in [-0.39, 0.29) is 24.4 Å². The van der Waals surface area contributed by atoms with Crippen molar-refractivity contribution in [3.8, 4) is 0 Å². The average Bonchev–Trinajstić information content (AvgIpc) is 3.13. The SMILES string of the molecule is CC(C)CCC(=O)NCC(=O)NC(Cc1ccccc1)C1CCCC1. The van der Waals surface area contributed by atoms with Gasteiger partial charge in [-0.15, -0.1) is 0 Å². The van der Waals surface area contributed by atoms with E-state index in [1.54, 1.807) is 0 Å². The van der Waals surface area contributed by atoms with E-state index >= 15 is 0 Å². The highest BCUT2D eigenvalue weighted by Crippen LogP contribution is 2.29. The van der Waals surface area contributed by atoms with E-state index in [0.29, 0.717) is 18.3 Å². The lowest BCUT2D eigenvalue weighted by molar-refractivity contribution is -0.126. The summed E-state index contributed by atoms with van der Waals surface area (Å²) in [7, 11) is 0. The van der Waals surface area contributed by atoms with Crippen LogP contribution in [0.5, 0.6) is 0 Å². The maximum absolute atomic E-state index is 12.3. The zero-order valence-electron chi connectivity index (χ0n) is 15.6. The highest BCUT2D eigenvalue weighted by molar-refractivity contribution is 5.84. The van der Waals surface area contributed by atoms with E-state index in [4.69, 9.17) is 0 Å². The van der Waals surface area contributed by atoms with Crippen LogP contribution in [0.3, 0.4) is 0 Å². The van der Waals surface area contributed by atoms with Crippen molar-refractivity contribution in [2.45, 2.75) is 64.8 Å². The summed E-state index contributed by atoms with van der Waals surface area (Å²) in [5.41, 5.74) is 1.25. The van der Waals surface area contributed by atoms with Crippen molar-refractivity contribution in [1.82, 2.24) is 10.6 Å². The Hall–Kier alpha value is -1.84. The van der Waals surface area contributed by atoms with Crippen LogP contribution in [0.15, 0.2) is 30.3 Å². The van der Waals surface area contributed by atoms with E-state index in [9.17, 15) is 9.59 Å². The molecule has 0 radical (unpaired) electrons. The Morgan fingerprint density at radius 1 is 1.08 bits per heavy atom. The first-order chi connectivity index (χ1) is 12.0. The molecule has 1 unspecified atom stereocenters. The molecule has 1 atom stereocenters. The normalized spacial score (nSPS) is 16.0. The zero-order chi connectivity index (χ0) is 18.1. The third kappa shape index (κ3) is 7.29. The van der Waals surface area contributed by atoms with E-state index in [1.807, 2.05) is 18.2 Å². The van der Waals surface area contributed by atoms with Crippen LogP contribution >= 0.6 is 0 Å². The number of nitrogens with one attached hydrogen (secondary N) is 2. The maximum atomic E-state index is 12.3. The predicted molar refractivity (Wildman–Crippen MR) is 101 cm³/mol. The van der Waals surface area contributed by atoms with Gasteiger partial charge in [-0.05, 0) is 43.1 Å². The first kappa shape index (κ1) is 19.5. The van der Waals surface area contributed by atoms with Gasteiger partial charge in [0.2, 0.25) is 11.8 Å². The topological polar surface area (TPSA) is 58.2 Å². The van der Waals surface area contributed by atoms with Crippen LogP contribution in [0, 0.1) is 11.8 Å². The van der Waals surface area contributed by atoms with Crippen LogP contribution in [-0.4, -0.2) is 24.4 Å². The molecule has 1 aromatic carbocycles. The lowest BCUT2D eigenvalue weighted by Crippen LogP contribution is -2.45. The van der Waals surface area contributed by atoms with Crippen molar-refractivity contribution in [3.63, 3.8) is 0 Å². The fourth-order valence-electron chi connectivity index (χ4n) is 3.51. The maximum Gasteiger partial charge on any atom is 0.239 e. The van der Waals surface area contributed by atoms with Gasteiger partial charge in [-0.1, -0.05) is 57.0 Å². The smallest absolute Gasteiger partial charge is 0.239 e. The molecule has 0 spiro atoms. The van der Waals surface area contributed by atoms with Gasteiger partial charge in [0.05, 0.1) is 6.54 Å². The average molecular weight is 344 g/mol. The standard InChI is InChI=1S/C21H32N2O2/c1-16(2)12-13-20(24)22-15-21(25)23-19(18-10-6-7-11-18)14-17-8-4-3-5-9-17/h3-5,8-9,16,18-19H,6-7,10-15H2,1-2H3,(H,22,24)(H,23,25). The van der Waals surface area contributed by atoms with Gasteiger partial charge < -0.3 is 10.6 Å². The van der Waals surface area contributed by atoms with Crippen LogP contribution in [0.25, 0.3) is 0 Å². The Kier molecular flexibility index (Phi) is 7.96. The lowest BCUT2D eigenvalue weighted by Gasteiger charge is -2.25. The minimum absolute atomic E-state index is 0.0377. The summed E-state index contributed by atoms with van der Waals surface area (Å²) in [5, 5.41) is 5.92. The molecule has 2 amide bonds. The molecule has 4 heteroatoms. The summed E-state index contributed by atoms with van der Waals surface area (Å²) < 4.78 is 0. The number of amides is 2. The number of rotatable bonds is 9. The van der Waals surface area contributed by atoms with Crippen LogP contribution in [0.2, 0.25) is 0 Å². The number of hydrogen-bond donors (Lipinski definition) is 2. The molecule has 0 saturated heterocycles. The van der Waals surface area contributed by atoms with E-state index in [1.165, 1.54) is 31.2 Å². The predicted octanol–water partition coefficient (Wildman–Crippen LogP) is 3.46. The highest BCUT2D eigenvalue weighted by atomic mass is 16.2. The Labute approximate surface area is 151 Å². The third-order valence-electron chi connectivity index (χ3n) is 5.01. The minimum Gasteiger partial charge on any atom is -0.351 e. The molecule has 2 N–H and O–H groups in total. The third-order valence-corrected chi connectivity index (χ3v) is 5.01. The van der Waals surface area contributed by atoms with E-state index in [0.717, 1.165) is 12.8 Å². The summed E-state index contributed by atoms with van der Waals surface area (Å²) >= 11 is 0. The Morgan fingerprint density at radius 3 is 2.40 bits per heavy atom. The molecule has 1 aliphatic rings. The van der Waals surface area contributed by atoms with Crippen molar-refractivity contribution in [3.05, 3.63) is 35.9 Å². The van der Waals surface area contributed by atoms with Gasteiger partial charge in [0.15, 0.2) is 0 Å². The van der Waals surface area contributed by atoms with Crippen molar-refractivity contribution < 1.29 is 9.59 Å². The summed E-state index contributed by atoms with van der Waals surface area (Å²) in [5.74, 6) is 0.924. The summed E-state index contributed by atoms with van der Waals surface area (Å²) in [4.78, 5) is 24.1. The second-order valence-electron chi connectivity index (χ2n) is 7.62. The quantitative estimate of drug-likeness (QED) is 0.721. The molecule has 0 bridgehead atoms. The van der Waals surface area contributed by atoms with E-state index in [2.05, 4.69) is 36.6 Å². The van der Waals surface area contributed by atoms with Crippen molar-refractivity contribution in [1.29, 1.82) is 0 Å². The number of carbonyl (C=O) groups is 2. The van der Waals surface area contributed by atoms with Crippen molar-refractivity contribution in [2.24, 2.45) is 11.8 Å². The summed E-state index contributed by atoms with van der Waals surface area (Å²) in [6, 6.07) is 10.5. The second-order valence-corrected chi connectivity index (χ2v) is 7.62. The molecule has 1 aliphatic carbocycles. The van der Waals surface area contributed by atoms with Crippen LogP contribution in [0.1, 0.15) is 57.9 Å². The highest BCUT2D eigenvalue weighted by Gasteiger charge is 2.26. The van der Waals surface area contributed by atoms with Gasteiger partial charge in [-0.2, -0.15) is 0 Å². The van der Waals surface area contributed by atoms with Crippen LogP contribution in [0.4, 0.5) is 0 Å². The number of hydrogen-bond acceptors (Lipinski definition) is 2. The molecule has 0 aromatic heterocycles. The molecule has 1 fully saturated rings. The van der Waals surface area contributed by atoms with Gasteiger partial charge in [0.1, 0.15) is 0 Å². The van der Waals surface area contributed by atoms with Gasteiger partial charge in [0, 0.05) is 12.5 Å². The van der Waals surface area contributed by atoms with Gasteiger partial charge >= 0.3 is 0 Å². The summed E-state index contributed by atoms with van der Waals surface area (Å²) in [6.45, 7) is 4.26. The zero-order valence-corrected chi connectivity index (χ0v) is 15.6. The largest absolute Gasteiger partial charge is 0.351 e. The van der Waals surface area contributed by atoms with Crippen molar-refractivity contribution in [2.75, 3.05) is 6.54 Å². The van der Waals surface area contributed by atoms with Crippen LogP contribution in [-0.2, 0) is 16.0 Å². The molecule has 0 aliphatic heterocycles. The van der Waals surface area contributed by atoms with Crippen LogP contribution < -0.4 is 10.6 Å². The van der Waals surface area contributed by atoms with Gasteiger partial charge in [-0.25, -0.2) is 0 Å². The Balaban J connectivity index is 1.83. The molecule has 4 nitrogen and oxygen atoms in total. The minimum atomic E-state index is -0.0780. The lowest BCUT2D eigenvalue weighted by atomic mass is 9.92. The Morgan fingerprint density at radius 2 is 1.76 bits per heavy atom. The molecule has 1 aromatic rings. The fourth-order valence-corrected chi connectivity index (χ4v) is 3.51. The molecular formula is C21H32N2O2. The number of carbonyl (C=O) groups excluding carboxylic acids is 2. The fraction of sp³-hybridized carbons (Fsp3) is 0.619. The number of benzene rings is 1. The Bertz CT molecular complexity index is 536. The molecule has 2 rings (SSSR count). The molecule has 1 saturated carbocycles. The monoisotopic (exact) mass is 344 g/mol. The van der Waals surface area contributed by atoms with Gasteiger partial charge in [-0.3, -0.25) is 9.59 Å². The summed E-state index contributed by atoms with van der Waals surface area (Å²) in [6.07, 6.45) is 7.05. The van der Waals surface area contributed by atoms with Gasteiger partial charge in [0.25, 0.3) is 0 Å². The molecule has 25 heavy (non-hydrogen) atoms. The van der Waals surface area contributed by atoms with Crippen molar-refractivity contribution >= 4 is 11.8 Å². The van der Waals surface area contributed by atoms with E-state index < -0.39 is 0 Å². The first-order valence-electron chi connectivity index (χ1n) is 9.64. The molecular weight excluding hydrogens is 312 g/mol. The molecule has 138 valence electrons. The second kappa shape index (κ2) is 10.2.